The van der Waals surface area contributed by atoms with Crippen LogP contribution >= 0.6 is 0 Å². The molecule has 0 aliphatic rings. The number of nitrogens with one attached hydrogen (secondary N) is 2. The molecule has 0 aromatic carbocycles. The number of nitrogens with zero attached hydrogens (tertiary/aromatic N) is 3. The number of hydrogen-bond donors (Lipinski definition) is 2. The minimum Gasteiger partial charge on any atom is -0.463 e. The van der Waals surface area contributed by atoms with E-state index in [1.807, 2.05) is 13.8 Å². The zero-order chi connectivity index (χ0) is 14.3. The largest absolute Gasteiger partial charge is 0.463 e. The lowest BCUT2D eigenvalue weighted by Gasteiger charge is -2.18. The molecule has 6 heteroatoms. The van der Waals surface area contributed by atoms with E-state index in [0.29, 0.717) is 30.4 Å². The molecule has 1 aromatic heterocycles. The summed E-state index contributed by atoms with van der Waals surface area (Å²) in [7, 11) is 0. The van der Waals surface area contributed by atoms with Crippen LogP contribution in [0, 0.1) is 5.92 Å². The van der Waals surface area contributed by atoms with Gasteiger partial charge < -0.3 is 15.4 Å². The van der Waals surface area contributed by atoms with Gasteiger partial charge in [0, 0.05) is 12.6 Å². The summed E-state index contributed by atoms with van der Waals surface area (Å²) in [5, 5.41) is 6.36. The number of rotatable bonds is 8. The maximum Gasteiger partial charge on any atom is 0.323 e. The molecule has 2 N–H and O–H groups in total. The first-order valence-electron chi connectivity index (χ1n) is 6.96. The van der Waals surface area contributed by atoms with Gasteiger partial charge in [0.15, 0.2) is 0 Å². The maximum atomic E-state index is 5.48. The molecule has 0 radical (unpaired) electrons. The van der Waals surface area contributed by atoms with Crippen molar-refractivity contribution in [2.75, 3.05) is 23.8 Å². The third-order valence-electron chi connectivity index (χ3n) is 2.74. The Hall–Kier alpha value is -1.59. The fraction of sp³-hybridized carbons (Fsp3) is 0.769. The smallest absolute Gasteiger partial charge is 0.323 e. The van der Waals surface area contributed by atoms with Crippen molar-refractivity contribution >= 4 is 11.9 Å². The predicted molar refractivity (Wildman–Crippen MR) is 77.7 cm³/mol. The number of hydrogen-bond acceptors (Lipinski definition) is 6. The van der Waals surface area contributed by atoms with E-state index in [2.05, 4.69) is 46.4 Å². The van der Waals surface area contributed by atoms with Crippen LogP contribution in [0.5, 0.6) is 6.01 Å². The molecule has 0 aliphatic heterocycles. The van der Waals surface area contributed by atoms with Crippen molar-refractivity contribution in [1.82, 2.24) is 15.0 Å². The Labute approximate surface area is 115 Å². The van der Waals surface area contributed by atoms with Crippen LogP contribution in [0.2, 0.25) is 0 Å². The van der Waals surface area contributed by atoms with Crippen molar-refractivity contribution in [1.29, 1.82) is 0 Å². The minimum atomic E-state index is 0.288. The van der Waals surface area contributed by atoms with Crippen LogP contribution in [0.15, 0.2) is 0 Å². The van der Waals surface area contributed by atoms with E-state index in [1.54, 1.807) is 0 Å². The molecule has 6 nitrogen and oxygen atoms in total. The van der Waals surface area contributed by atoms with E-state index in [0.717, 1.165) is 13.0 Å². The third-order valence-corrected chi connectivity index (χ3v) is 2.74. The van der Waals surface area contributed by atoms with Crippen molar-refractivity contribution < 1.29 is 4.74 Å². The molecule has 0 bridgehead atoms. The zero-order valence-electron chi connectivity index (χ0n) is 12.5. The highest BCUT2D eigenvalue weighted by atomic mass is 16.5. The summed E-state index contributed by atoms with van der Waals surface area (Å²) in [5.41, 5.74) is 0. The summed E-state index contributed by atoms with van der Waals surface area (Å²) < 4.78 is 5.48. The lowest BCUT2D eigenvalue weighted by Crippen LogP contribution is -2.23. The summed E-state index contributed by atoms with van der Waals surface area (Å²) in [4.78, 5) is 12.8. The molecule has 19 heavy (non-hydrogen) atoms. The topological polar surface area (TPSA) is 72.0 Å². The van der Waals surface area contributed by atoms with E-state index in [4.69, 9.17) is 4.74 Å². The van der Waals surface area contributed by atoms with Crippen molar-refractivity contribution in [3.8, 4) is 6.01 Å². The van der Waals surface area contributed by atoms with Crippen LogP contribution in [0.3, 0.4) is 0 Å². The average Bonchev–Trinajstić information content (AvgIpc) is 2.36. The summed E-state index contributed by atoms with van der Waals surface area (Å²) in [6.07, 6.45) is 0.924. The number of ether oxygens (including phenoxy) is 1. The summed E-state index contributed by atoms with van der Waals surface area (Å²) in [6.45, 7) is 11.8. The van der Waals surface area contributed by atoms with Gasteiger partial charge in [0.1, 0.15) is 0 Å². The molecule has 108 valence electrons. The fourth-order valence-electron chi connectivity index (χ4n) is 1.29. The zero-order valence-corrected chi connectivity index (χ0v) is 12.5. The van der Waals surface area contributed by atoms with Crippen molar-refractivity contribution in [3.63, 3.8) is 0 Å². The molecule has 1 aromatic rings. The van der Waals surface area contributed by atoms with E-state index < -0.39 is 0 Å². The second kappa shape index (κ2) is 7.76. The van der Waals surface area contributed by atoms with Gasteiger partial charge in [0.2, 0.25) is 11.9 Å². The lowest BCUT2D eigenvalue weighted by atomic mass is 10.1. The molecular formula is C13H25N5O. The summed E-state index contributed by atoms with van der Waals surface area (Å²) >= 11 is 0. The molecule has 1 atom stereocenters. The maximum absolute atomic E-state index is 5.48. The Bertz CT molecular complexity index is 383. The molecule has 0 saturated heterocycles. The number of anilines is 2. The van der Waals surface area contributed by atoms with Crippen LogP contribution in [0.1, 0.15) is 41.0 Å². The standard InChI is InChI=1S/C13H25N5O/c1-6-8-19-13-17-11(14-7-2)16-12(18-13)15-10(5)9(3)4/h9-10H,6-8H2,1-5H3,(H2,14,15,16,17,18). The van der Waals surface area contributed by atoms with Gasteiger partial charge in [0.25, 0.3) is 0 Å². The molecule has 1 unspecified atom stereocenters. The second-order valence-corrected chi connectivity index (χ2v) is 4.82. The van der Waals surface area contributed by atoms with Crippen molar-refractivity contribution in [2.45, 2.75) is 47.1 Å². The van der Waals surface area contributed by atoms with E-state index in [1.165, 1.54) is 0 Å². The van der Waals surface area contributed by atoms with Crippen LogP contribution in [0.4, 0.5) is 11.9 Å². The van der Waals surface area contributed by atoms with E-state index in [9.17, 15) is 0 Å². The van der Waals surface area contributed by atoms with Gasteiger partial charge in [0.05, 0.1) is 6.61 Å². The molecule has 0 aliphatic carbocycles. The van der Waals surface area contributed by atoms with Gasteiger partial charge in [-0.2, -0.15) is 15.0 Å². The van der Waals surface area contributed by atoms with Crippen molar-refractivity contribution in [2.24, 2.45) is 5.92 Å². The van der Waals surface area contributed by atoms with Gasteiger partial charge in [-0.3, -0.25) is 0 Å². The molecule has 1 heterocycles. The Morgan fingerprint density at radius 1 is 1.05 bits per heavy atom. The lowest BCUT2D eigenvalue weighted by molar-refractivity contribution is 0.292. The normalized spacial score (nSPS) is 12.3. The average molecular weight is 267 g/mol. The molecule has 0 saturated carbocycles. The first-order chi connectivity index (χ1) is 9.06. The molecular weight excluding hydrogens is 242 g/mol. The second-order valence-electron chi connectivity index (χ2n) is 4.82. The monoisotopic (exact) mass is 267 g/mol. The van der Waals surface area contributed by atoms with Crippen LogP contribution in [0.25, 0.3) is 0 Å². The first kappa shape index (κ1) is 15.5. The Morgan fingerprint density at radius 2 is 1.74 bits per heavy atom. The predicted octanol–water partition coefficient (Wildman–Crippen LogP) is 2.55. The van der Waals surface area contributed by atoms with E-state index in [-0.39, 0.29) is 6.04 Å². The van der Waals surface area contributed by atoms with Gasteiger partial charge in [-0.1, -0.05) is 20.8 Å². The fourth-order valence-corrected chi connectivity index (χ4v) is 1.29. The van der Waals surface area contributed by atoms with Crippen LogP contribution in [-0.2, 0) is 0 Å². The third kappa shape index (κ3) is 5.28. The van der Waals surface area contributed by atoms with Gasteiger partial charge >= 0.3 is 6.01 Å². The Morgan fingerprint density at radius 3 is 2.32 bits per heavy atom. The highest BCUT2D eigenvalue weighted by Crippen LogP contribution is 2.14. The quantitative estimate of drug-likeness (QED) is 0.754. The highest BCUT2D eigenvalue weighted by molar-refractivity contribution is 5.36. The highest BCUT2D eigenvalue weighted by Gasteiger charge is 2.11. The first-order valence-corrected chi connectivity index (χ1v) is 6.96. The van der Waals surface area contributed by atoms with Crippen LogP contribution in [-0.4, -0.2) is 34.1 Å². The molecule has 1 rings (SSSR count). The van der Waals surface area contributed by atoms with Gasteiger partial charge in [-0.25, -0.2) is 0 Å². The van der Waals surface area contributed by atoms with Gasteiger partial charge in [-0.05, 0) is 26.2 Å². The number of aromatic nitrogens is 3. The minimum absolute atomic E-state index is 0.288. The molecule has 0 amide bonds. The molecule has 0 fully saturated rings. The molecule has 0 spiro atoms. The summed E-state index contributed by atoms with van der Waals surface area (Å²) in [6, 6.07) is 0.655. The Kier molecular flexibility index (Phi) is 6.32. The van der Waals surface area contributed by atoms with Crippen LogP contribution < -0.4 is 15.4 Å². The summed E-state index contributed by atoms with van der Waals surface area (Å²) in [5.74, 6) is 1.60. The van der Waals surface area contributed by atoms with E-state index >= 15 is 0 Å². The van der Waals surface area contributed by atoms with Crippen molar-refractivity contribution in [3.05, 3.63) is 0 Å². The Balaban J connectivity index is 2.85. The SMILES string of the molecule is CCCOc1nc(NCC)nc(NC(C)C(C)C)n1. The van der Waals surface area contributed by atoms with Gasteiger partial charge in [-0.15, -0.1) is 0 Å².